The van der Waals surface area contributed by atoms with E-state index >= 15 is 0 Å². The number of nitrogens with zero attached hydrogens (tertiary/aromatic N) is 3. The Morgan fingerprint density at radius 1 is 1.47 bits per heavy atom. The highest BCUT2D eigenvalue weighted by atomic mass is 32.1. The molecule has 4 atom stereocenters. The van der Waals surface area contributed by atoms with Gasteiger partial charge >= 0.3 is 0 Å². The fraction of sp³-hybridized carbons (Fsp3) is 0.750. The molecule has 1 saturated heterocycles. The second-order valence-electron chi connectivity index (χ2n) is 4.17. The predicted molar refractivity (Wildman–Crippen MR) is 67.8 cm³/mol. The quantitative estimate of drug-likeness (QED) is 0.168. The van der Waals surface area contributed by atoms with Crippen LogP contribution in [0.15, 0.2) is 4.99 Å². The van der Waals surface area contributed by atoms with Crippen molar-refractivity contribution in [2.24, 2.45) is 16.7 Å². The van der Waals surface area contributed by atoms with Crippen molar-refractivity contribution in [2.45, 2.75) is 24.5 Å². The zero-order valence-corrected chi connectivity index (χ0v) is 10.7. The maximum atomic E-state index is 9.90. The lowest BCUT2D eigenvalue weighted by molar-refractivity contribution is -0.0804. The van der Waals surface area contributed by atoms with Crippen LogP contribution in [0, 0.1) is 0 Å². The molecule has 2 rings (SSSR count). The van der Waals surface area contributed by atoms with E-state index in [2.05, 4.69) is 10.4 Å². The van der Waals surface area contributed by atoms with Crippen LogP contribution in [-0.2, 0) is 4.74 Å². The van der Waals surface area contributed by atoms with Gasteiger partial charge in [0.05, 0.1) is 6.61 Å². The van der Waals surface area contributed by atoms with Crippen LogP contribution in [-0.4, -0.2) is 74.1 Å². The molecule has 0 spiro atoms. The molecule has 2 heterocycles. The molecule has 11 heteroatoms. The molecule has 0 amide bonds. The predicted octanol–water partition coefficient (Wildman–Crippen LogP) is -4.02. The van der Waals surface area contributed by atoms with Crippen molar-refractivity contribution in [3.8, 4) is 0 Å². The van der Waals surface area contributed by atoms with E-state index in [1.165, 1.54) is 9.91 Å². The van der Waals surface area contributed by atoms with Gasteiger partial charge in [-0.2, -0.15) is 4.99 Å². The van der Waals surface area contributed by atoms with Gasteiger partial charge in [0.15, 0.2) is 6.23 Å². The zero-order valence-electron chi connectivity index (χ0n) is 9.88. The highest BCUT2D eigenvalue weighted by molar-refractivity contribution is 7.80. The van der Waals surface area contributed by atoms with E-state index < -0.39 is 31.1 Å². The first kappa shape index (κ1) is 14.3. The molecule has 0 saturated carbocycles. The number of nitrogens with one attached hydrogen (secondary N) is 1. The van der Waals surface area contributed by atoms with Crippen LogP contribution in [0.5, 0.6) is 0 Å². The minimum absolute atomic E-state index is 0.0640. The maximum absolute atomic E-state index is 9.90. The lowest BCUT2D eigenvalue weighted by Crippen LogP contribution is -2.61. The molecule has 0 bridgehead atoms. The van der Waals surface area contributed by atoms with Gasteiger partial charge in [0, 0.05) is 0 Å². The highest BCUT2D eigenvalue weighted by Gasteiger charge is 2.47. The number of hydrazine groups is 2. The first-order valence-electron chi connectivity index (χ1n) is 5.50. The second kappa shape index (κ2) is 5.50. The van der Waals surface area contributed by atoms with Crippen molar-refractivity contribution >= 4 is 23.3 Å². The van der Waals surface area contributed by atoms with Gasteiger partial charge in [-0.3, -0.25) is 15.3 Å². The van der Waals surface area contributed by atoms with Crippen molar-refractivity contribution < 1.29 is 20.1 Å². The average molecular weight is 292 g/mol. The summed E-state index contributed by atoms with van der Waals surface area (Å²) >= 11 is 5.05. The van der Waals surface area contributed by atoms with Crippen molar-refractivity contribution in [3.05, 3.63) is 0 Å². The van der Waals surface area contributed by atoms with E-state index in [0.29, 0.717) is 0 Å². The van der Waals surface area contributed by atoms with Crippen LogP contribution in [0.1, 0.15) is 0 Å². The van der Waals surface area contributed by atoms with E-state index in [1.807, 2.05) is 0 Å². The first-order valence-corrected chi connectivity index (χ1v) is 5.91. The Labute approximate surface area is 114 Å². The van der Waals surface area contributed by atoms with Crippen molar-refractivity contribution in [1.29, 1.82) is 0 Å². The molecule has 2 aliphatic heterocycles. The van der Waals surface area contributed by atoms with Crippen LogP contribution >= 0.6 is 12.2 Å². The van der Waals surface area contributed by atoms with Crippen LogP contribution in [0.3, 0.4) is 0 Å². The fourth-order valence-corrected chi connectivity index (χ4v) is 2.20. The van der Waals surface area contributed by atoms with Crippen LogP contribution < -0.4 is 17.1 Å². The summed E-state index contributed by atoms with van der Waals surface area (Å²) in [5.74, 6) is 11.1. The standard InChI is InChI=1S/C8H16N6O4S/c9-12-7-11-8(19)13(2-14(7)10)6-5(17)4(16)3(1-15)18-6/h3-6,15-17H,1-2,9-10H2,(H,11,12,19)/t3-,4?,5?,6-/m1/s1. The van der Waals surface area contributed by atoms with Gasteiger partial charge in [-0.1, -0.05) is 0 Å². The fourth-order valence-electron chi connectivity index (χ4n) is 1.95. The number of hydrogen-bond donors (Lipinski definition) is 6. The number of guanidine groups is 1. The van der Waals surface area contributed by atoms with E-state index in [4.69, 9.17) is 33.7 Å². The Hall–Kier alpha value is -1.08. The molecule has 0 radical (unpaired) electrons. The van der Waals surface area contributed by atoms with Gasteiger partial charge in [-0.05, 0) is 12.2 Å². The first-order chi connectivity index (χ1) is 8.99. The zero-order chi connectivity index (χ0) is 14.2. The van der Waals surface area contributed by atoms with E-state index in [-0.39, 0.29) is 17.7 Å². The molecule has 0 aromatic heterocycles. The van der Waals surface area contributed by atoms with Crippen molar-refractivity contribution in [2.75, 3.05) is 13.3 Å². The van der Waals surface area contributed by atoms with Gasteiger partial charge in [0.25, 0.3) is 0 Å². The summed E-state index contributed by atoms with van der Waals surface area (Å²) in [6.07, 6.45) is -4.26. The number of aliphatic hydroxyl groups excluding tert-OH is 3. The Kier molecular flexibility index (Phi) is 4.15. The Bertz CT molecular complexity index is 395. The van der Waals surface area contributed by atoms with Crippen LogP contribution in [0.4, 0.5) is 0 Å². The second-order valence-corrected chi connectivity index (χ2v) is 4.54. The highest BCUT2D eigenvalue weighted by Crippen LogP contribution is 2.25. The van der Waals surface area contributed by atoms with Gasteiger partial charge in [0.2, 0.25) is 11.1 Å². The minimum atomic E-state index is -1.23. The summed E-state index contributed by atoms with van der Waals surface area (Å²) in [6, 6.07) is 0. The Morgan fingerprint density at radius 3 is 2.68 bits per heavy atom. The number of aliphatic imine (C=N–C) groups is 1. The molecule has 0 aromatic rings. The van der Waals surface area contributed by atoms with Crippen LogP contribution in [0.25, 0.3) is 0 Å². The average Bonchev–Trinajstić information content (AvgIpc) is 2.68. The van der Waals surface area contributed by atoms with Gasteiger partial charge in [-0.25, -0.2) is 11.7 Å². The number of rotatable bonds is 2. The van der Waals surface area contributed by atoms with E-state index in [0.717, 1.165) is 0 Å². The summed E-state index contributed by atoms with van der Waals surface area (Å²) in [4.78, 5) is 5.31. The third-order valence-electron chi connectivity index (χ3n) is 2.98. The number of hydrogen-bond acceptors (Lipinski definition) is 9. The van der Waals surface area contributed by atoms with Gasteiger partial charge in [-0.15, -0.1) is 0 Å². The van der Waals surface area contributed by atoms with E-state index in [1.54, 1.807) is 0 Å². The molecular formula is C8H16N6O4S. The minimum Gasteiger partial charge on any atom is -0.394 e. The molecule has 0 aliphatic carbocycles. The lowest BCUT2D eigenvalue weighted by Gasteiger charge is -2.37. The van der Waals surface area contributed by atoms with Gasteiger partial charge < -0.3 is 20.1 Å². The molecule has 2 unspecified atom stereocenters. The van der Waals surface area contributed by atoms with Crippen molar-refractivity contribution in [3.63, 3.8) is 0 Å². The molecule has 10 nitrogen and oxygen atoms in total. The number of nitrogens with two attached hydrogens (primary N) is 2. The monoisotopic (exact) mass is 292 g/mol. The summed E-state index contributed by atoms with van der Waals surface area (Å²) in [7, 11) is 0. The number of ether oxygens (including phenoxy) is 1. The summed E-state index contributed by atoms with van der Waals surface area (Å²) in [5.41, 5.74) is 2.28. The number of thiocarbonyl (C=S) groups is 1. The largest absolute Gasteiger partial charge is 0.394 e. The van der Waals surface area contributed by atoms with Crippen LogP contribution in [0.2, 0.25) is 0 Å². The van der Waals surface area contributed by atoms with Crippen molar-refractivity contribution in [1.82, 2.24) is 15.3 Å². The summed E-state index contributed by atoms with van der Waals surface area (Å²) < 4.78 is 5.35. The normalized spacial score (nSPS) is 35.6. The molecule has 19 heavy (non-hydrogen) atoms. The Balaban J connectivity index is 2.15. The third-order valence-corrected chi connectivity index (χ3v) is 3.30. The summed E-state index contributed by atoms with van der Waals surface area (Å²) in [6.45, 7) is -0.352. The number of aliphatic hydroxyl groups is 3. The lowest BCUT2D eigenvalue weighted by atomic mass is 10.1. The molecule has 0 aromatic carbocycles. The summed E-state index contributed by atoms with van der Waals surface area (Å²) in [5, 5.41) is 29.9. The molecular weight excluding hydrogens is 276 g/mol. The molecule has 8 N–H and O–H groups in total. The molecule has 2 aliphatic rings. The topological polar surface area (TPSA) is 153 Å². The smallest absolute Gasteiger partial charge is 0.232 e. The third kappa shape index (κ3) is 2.49. The molecule has 108 valence electrons. The Morgan fingerprint density at radius 2 is 2.16 bits per heavy atom. The molecule has 1 fully saturated rings. The maximum Gasteiger partial charge on any atom is 0.232 e. The SMILES string of the molecule is NNC1=NC(=S)N([C@@H]2O[C@H](CO)C(O)C2O)CN1N. The van der Waals surface area contributed by atoms with Gasteiger partial charge in [0.1, 0.15) is 25.0 Å². The van der Waals surface area contributed by atoms with E-state index in [9.17, 15) is 10.2 Å².